The molecular formula is C10H9NO2S. The fraction of sp³-hybridized carbons (Fsp3) is 0.100. The summed E-state index contributed by atoms with van der Waals surface area (Å²) in [6, 6.07) is 5.27. The van der Waals surface area contributed by atoms with Crippen LogP contribution in [0.3, 0.4) is 0 Å². The Balaban J connectivity index is 2.80. The highest BCUT2D eigenvalue weighted by molar-refractivity contribution is 7.22. The molecule has 1 aromatic carbocycles. The second kappa shape index (κ2) is 2.99. The molecule has 0 radical (unpaired) electrons. The van der Waals surface area contributed by atoms with E-state index in [9.17, 15) is 4.79 Å². The maximum Gasteiger partial charge on any atom is 0.336 e. The first-order chi connectivity index (χ1) is 6.59. The zero-order chi connectivity index (χ0) is 10.3. The van der Waals surface area contributed by atoms with E-state index in [-0.39, 0.29) is 0 Å². The van der Waals surface area contributed by atoms with Gasteiger partial charge in [0.2, 0.25) is 0 Å². The lowest BCUT2D eigenvalue weighted by atomic mass is 10.1. The number of benzene rings is 1. The van der Waals surface area contributed by atoms with E-state index in [4.69, 9.17) is 10.8 Å². The van der Waals surface area contributed by atoms with Crippen LogP contribution in [-0.4, -0.2) is 11.1 Å². The third-order valence-corrected chi connectivity index (χ3v) is 3.28. The fourth-order valence-corrected chi connectivity index (χ4v) is 2.42. The first-order valence-electron chi connectivity index (χ1n) is 4.11. The zero-order valence-corrected chi connectivity index (χ0v) is 8.39. The minimum absolute atomic E-state index is 0.347. The van der Waals surface area contributed by atoms with Crippen LogP contribution in [-0.2, 0) is 0 Å². The molecule has 72 valence electrons. The van der Waals surface area contributed by atoms with Gasteiger partial charge in [0.15, 0.2) is 0 Å². The lowest BCUT2D eigenvalue weighted by Gasteiger charge is -2.00. The molecule has 0 aliphatic rings. The Kier molecular flexibility index (Phi) is 1.93. The summed E-state index contributed by atoms with van der Waals surface area (Å²) in [5.74, 6) is -0.892. The van der Waals surface area contributed by atoms with Gasteiger partial charge in [-0.05, 0) is 30.0 Å². The molecular weight excluding hydrogens is 198 g/mol. The number of thiophene rings is 1. The molecule has 0 atom stereocenters. The summed E-state index contributed by atoms with van der Waals surface area (Å²) < 4.78 is 0.961. The van der Waals surface area contributed by atoms with Crippen molar-refractivity contribution in [2.75, 3.05) is 5.73 Å². The number of hydrogen-bond donors (Lipinski definition) is 2. The molecule has 4 heteroatoms. The number of anilines is 1. The van der Waals surface area contributed by atoms with Crippen LogP contribution in [0.5, 0.6) is 0 Å². The number of fused-ring (bicyclic) bond motifs is 1. The van der Waals surface area contributed by atoms with E-state index in [1.54, 1.807) is 12.1 Å². The van der Waals surface area contributed by atoms with Crippen molar-refractivity contribution in [3.63, 3.8) is 0 Å². The van der Waals surface area contributed by atoms with Gasteiger partial charge in [-0.25, -0.2) is 4.79 Å². The van der Waals surface area contributed by atoms with Gasteiger partial charge in [0.25, 0.3) is 0 Å². The molecule has 0 aliphatic heterocycles. The lowest BCUT2D eigenvalue weighted by Crippen LogP contribution is -1.98. The van der Waals surface area contributed by atoms with Crippen LogP contribution < -0.4 is 5.73 Å². The first kappa shape index (κ1) is 9.02. The molecule has 0 spiro atoms. The summed E-state index contributed by atoms with van der Waals surface area (Å²) in [5, 5.41) is 10.6. The van der Waals surface area contributed by atoms with Crippen molar-refractivity contribution in [1.29, 1.82) is 0 Å². The van der Waals surface area contributed by atoms with Crippen LogP contribution in [0, 0.1) is 6.92 Å². The highest BCUT2D eigenvalue weighted by atomic mass is 32.1. The van der Waals surface area contributed by atoms with E-state index >= 15 is 0 Å². The molecule has 14 heavy (non-hydrogen) atoms. The van der Waals surface area contributed by atoms with Gasteiger partial charge in [0.1, 0.15) is 0 Å². The summed E-state index contributed by atoms with van der Waals surface area (Å²) in [4.78, 5) is 10.8. The number of nitrogens with two attached hydrogens (primary N) is 1. The average Bonchev–Trinajstić information content (AvgIpc) is 2.46. The van der Waals surface area contributed by atoms with E-state index in [2.05, 4.69) is 0 Å². The lowest BCUT2D eigenvalue weighted by molar-refractivity contribution is 0.0696. The van der Waals surface area contributed by atoms with E-state index in [0.29, 0.717) is 10.6 Å². The molecule has 0 amide bonds. The van der Waals surface area contributed by atoms with E-state index in [0.717, 1.165) is 15.6 Å². The summed E-state index contributed by atoms with van der Waals surface area (Å²) in [7, 11) is 0. The van der Waals surface area contributed by atoms with Crippen molar-refractivity contribution < 1.29 is 9.90 Å². The number of nitrogen functional groups attached to an aromatic ring is 1. The molecule has 0 bridgehead atoms. The van der Waals surface area contributed by atoms with Crippen molar-refractivity contribution in [2.24, 2.45) is 0 Å². The Morgan fingerprint density at radius 2 is 2.21 bits per heavy atom. The molecule has 3 N–H and O–H groups in total. The van der Waals surface area contributed by atoms with E-state index in [1.165, 1.54) is 11.3 Å². The molecule has 3 nitrogen and oxygen atoms in total. The summed E-state index contributed by atoms with van der Waals surface area (Å²) in [6.45, 7) is 1.81. The highest BCUT2D eigenvalue weighted by Gasteiger charge is 2.11. The minimum atomic E-state index is -0.892. The summed E-state index contributed by atoms with van der Waals surface area (Å²) >= 11 is 1.42. The number of rotatable bonds is 1. The smallest absolute Gasteiger partial charge is 0.336 e. The average molecular weight is 207 g/mol. The van der Waals surface area contributed by atoms with Crippen molar-refractivity contribution in [2.45, 2.75) is 6.92 Å². The third-order valence-electron chi connectivity index (χ3n) is 2.18. The largest absolute Gasteiger partial charge is 0.478 e. The van der Waals surface area contributed by atoms with Crippen molar-refractivity contribution >= 4 is 32.4 Å². The van der Waals surface area contributed by atoms with E-state index < -0.39 is 5.97 Å². The zero-order valence-electron chi connectivity index (χ0n) is 7.57. The van der Waals surface area contributed by atoms with Crippen molar-refractivity contribution in [1.82, 2.24) is 0 Å². The first-order valence-corrected chi connectivity index (χ1v) is 4.93. The van der Waals surface area contributed by atoms with Gasteiger partial charge in [0, 0.05) is 4.70 Å². The molecule has 0 fully saturated rings. The Labute approximate surface area is 84.8 Å². The number of aromatic carboxylic acids is 1. The molecule has 1 heterocycles. The summed E-state index contributed by atoms with van der Waals surface area (Å²) in [6.07, 6.45) is 0. The number of carboxylic acids is 1. The predicted octanol–water partition coefficient (Wildman–Crippen LogP) is 2.49. The Bertz CT molecular complexity index is 516. The topological polar surface area (TPSA) is 63.3 Å². The fourth-order valence-electron chi connectivity index (χ4n) is 1.49. The molecule has 0 saturated carbocycles. The Hall–Kier alpha value is -1.55. The second-order valence-corrected chi connectivity index (χ2v) is 4.19. The van der Waals surface area contributed by atoms with Crippen LogP contribution in [0.2, 0.25) is 0 Å². The molecule has 0 unspecified atom stereocenters. The SMILES string of the molecule is Cc1c(C(=O)O)ccc2cc(N)sc12. The Morgan fingerprint density at radius 3 is 2.86 bits per heavy atom. The maximum absolute atomic E-state index is 10.8. The third kappa shape index (κ3) is 1.24. The molecule has 1 aromatic heterocycles. The van der Waals surface area contributed by atoms with Gasteiger partial charge in [-0.1, -0.05) is 6.07 Å². The number of carbonyl (C=O) groups is 1. The molecule has 0 aliphatic carbocycles. The van der Waals surface area contributed by atoms with E-state index in [1.807, 2.05) is 13.0 Å². The number of aryl methyl sites for hydroxylation is 1. The minimum Gasteiger partial charge on any atom is -0.478 e. The number of carboxylic acid groups (broad SMARTS) is 1. The van der Waals surface area contributed by atoms with Crippen molar-refractivity contribution in [3.8, 4) is 0 Å². The highest BCUT2D eigenvalue weighted by Crippen LogP contribution is 2.31. The van der Waals surface area contributed by atoms with Crippen LogP contribution in [0.25, 0.3) is 10.1 Å². The monoisotopic (exact) mass is 207 g/mol. The summed E-state index contributed by atoms with van der Waals surface area (Å²) in [5.41, 5.74) is 6.79. The molecule has 2 aromatic rings. The Morgan fingerprint density at radius 1 is 1.50 bits per heavy atom. The van der Waals surface area contributed by atoms with Gasteiger partial charge in [-0.15, -0.1) is 11.3 Å². The number of hydrogen-bond acceptors (Lipinski definition) is 3. The van der Waals surface area contributed by atoms with Crippen LogP contribution in [0.1, 0.15) is 15.9 Å². The maximum atomic E-state index is 10.8. The van der Waals surface area contributed by atoms with Gasteiger partial charge >= 0.3 is 5.97 Å². The standard InChI is InChI=1S/C10H9NO2S/c1-5-7(10(12)13)3-2-6-4-8(11)14-9(5)6/h2-4H,11H2,1H3,(H,12,13). The van der Waals surface area contributed by atoms with Crippen LogP contribution in [0.4, 0.5) is 5.00 Å². The van der Waals surface area contributed by atoms with Gasteiger partial charge < -0.3 is 10.8 Å². The van der Waals surface area contributed by atoms with Crippen LogP contribution in [0.15, 0.2) is 18.2 Å². The molecule has 2 rings (SSSR count). The predicted molar refractivity (Wildman–Crippen MR) is 57.9 cm³/mol. The molecule has 0 saturated heterocycles. The van der Waals surface area contributed by atoms with Crippen molar-refractivity contribution in [3.05, 3.63) is 29.3 Å². The quantitative estimate of drug-likeness (QED) is 0.755. The van der Waals surface area contributed by atoms with Crippen LogP contribution >= 0.6 is 11.3 Å². The normalized spacial score (nSPS) is 10.6. The van der Waals surface area contributed by atoms with Gasteiger partial charge in [0.05, 0.1) is 10.6 Å². The van der Waals surface area contributed by atoms with Gasteiger partial charge in [-0.2, -0.15) is 0 Å². The second-order valence-electron chi connectivity index (χ2n) is 3.11. The van der Waals surface area contributed by atoms with Gasteiger partial charge in [-0.3, -0.25) is 0 Å².